The SMILES string of the molecule is C[C@@H]1c2c([nH]c3ccccc23)CC[C@H]1C(=O)[O-]. The third kappa shape index (κ3) is 1.46. The zero-order chi connectivity index (χ0) is 12.0. The van der Waals surface area contributed by atoms with Crippen LogP contribution >= 0.6 is 0 Å². The van der Waals surface area contributed by atoms with Crippen molar-refractivity contribution in [3.63, 3.8) is 0 Å². The van der Waals surface area contributed by atoms with E-state index in [0.717, 1.165) is 17.3 Å². The summed E-state index contributed by atoms with van der Waals surface area (Å²) in [7, 11) is 0. The first-order valence-corrected chi connectivity index (χ1v) is 5.99. The van der Waals surface area contributed by atoms with Gasteiger partial charge in [-0.1, -0.05) is 25.1 Å². The second-order valence-electron chi connectivity index (χ2n) is 4.82. The molecule has 0 unspecified atom stereocenters. The molecule has 2 atom stereocenters. The summed E-state index contributed by atoms with van der Waals surface area (Å²) in [6.45, 7) is 1.98. The number of carboxylic acid groups (broad SMARTS) is 1. The van der Waals surface area contributed by atoms with Gasteiger partial charge < -0.3 is 14.9 Å². The summed E-state index contributed by atoms with van der Waals surface area (Å²) in [6, 6.07) is 8.07. The van der Waals surface area contributed by atoms with Crippen LogP contribution in [0.1, 0.15) is 30.5 Å². The van der Waals surface area contributed by atoms with Crippen molar-refractivity contribution in [2.24, 2.45) is 5.92 Å². The lowest BCUT2D eigenvalue weighted by Crippen LogP contribution is -2.36. The third-order valence-electron chi connectivity index (χ3n) is 3.89. The van der Waals surface area contributed by atoms with E-state index in [1.165, 1.54) is 11.3 Å². The fourth-order valence-corrected chi connectivity index (χ4v) is 3.01. The number of aromatic amines is 1. The number of aryl methyl sites for hydroxylation is 1. The Hall–Kier alpha value is -1.77. The summed E-state index contributed by atoms with van der Waals surface area (Å²) < 4.78 is 0. The van der Waals surface area contributed by atoms with Crippen molar-refractivity contribution < 1.29 is 9.90 Å². The minimum absolute atomic E-state index is 0.0277. The van der Waals surface area contributed by atoms with Crippen molar-refractivity contribution in [3.05, 3.63) is 35.5 Å². The molecule has 3 rings (SSSR count). The topological polar surface area (TPSA) is 55.9 Å². The van der Waals surface area contributed by atoms with Crippen molar-refractivity contribution in [1.29, 1.82) is 0 Å². The molecule has 88 valence electrons. The summed E-state index contributed by atoms with van der Waals surface area (Å²) >= 11 is 0. The summed E-state index contributed by atoms with van der Waals surface area (Å²) in [5.41, 5.74) is 3.46. The van der Waals surface area contributed by atoms with Gasteiger partial charge >= 0.3 is 0 Å². The average molecular weight is 228 g/mol. The number of fused-ring (bicyclic) bond motifs is 3. The second-order valence-corrected chi connectivity index (χ2v) is 4.82. The van der Waals surface area contributed by atoms with Gasteiger partial charge in [0.05, 0.1) is 0 Å². The summed E-state index contributed by atoms with van der Waals surface area (Å²) in [5.74, 6) is -1.25. The van der Waals surface area contributed by atoms with Crippen molar-refractivity contribution in [1.82, 2.24) is 4.98 Å². The van der Waals surface area contributed by atoms with E-state index in [4.69, 9.17) is 0 Å². The van der Waals surface area contributed by atoms with Crippen LogP contribution in [-0.2, 0) is 11.2 Å². The molecule has 0 saturated carbocycles. The van der Waals surface area contributed by atoms with Gasteiger partial charge in [0.2, 0.25) is 0 Å². The van der Waals surface area contributed by atoms with E-state index < -0.39 is 5.97 Å². The van der Waals surface area contributed by atoms with Crippen LogP contribution in [0.15, 0.2) is 24.3 Å². The number of carbonyl (C=O) groups is 1. The number of rotatable bonds is 1. The number of hydrogen-bond acceptors (Lipinski definition) is 2. The smallest absolute Gasteiger partial charge is 0.0459 e. The van der Waals surface area contributed by atoms with Crippen LogP contribution in [0.3, 0.4) is 0 Å². The highest BCUT2D eigenvalue weighted by molar-refractivity contribution is 5.86. The first-order valence-electron chi connectivity index (χ1n) is 5.99. The average Bonchev–Trinajstić information content (AvgIpc) is 2.67. The molecule has 3 heteroatoms. The van der Waals surface area contributed by atoms with E-state index in [0.29, 0.717) is 6.42 Å². The molecule has 0 saturated heterocycles. The van der Waals surface area contributed by atoms with Crippen molar-refractivity contribution in [3.8, 4) is 0 Å². The van der Waals surface area contributed by atoms with Crippen molar-refractivity contribution in [2.75, 3.05) is 0 Å². The number of H-pyrrole nitrogens is 1. The molecule has 0 spiro atoms. The zero-order valence-corrected chi connectivity index (χ0v) is 9.69. The maximum absolute atomic E-state index is 11.1. The third-order valence-corrected chi connectivity index (χ3v) is 3.89. The van der Waals surface area contributed by atoms with E-state index in [2.05, 4.69) is 11.1 Å². The Morgan fingerprint density at radius 1 is 1.41 bits per heavy atom. The van der Waals surface area contributed by atoms with E-state index in [1.807, 2.05) is 25.1 Å². The van der Waals surface area contributed by atoms with Gasteiger partial charge in [-0.25, -0.2) is 0 Å². The number of carboxylic acids is 1. The van der Waals surface area contributed by atoms with Gasteiger partial charge in [0.15, 0.2) is 0 Å². The van der Waals surface area contributed by atoms with Crippen molar-refractivity contribution in [2.45, 2.75) is 25.7 Å². The first-order chi connectivity index (χ1) is 8.18. The second kappa shape index (κ2) is 3.62. The first kappa shape index (κ1) is 10.4. The molecule has 1 heterocycles. The zero-order valence-electron chi connectivity index (χ0n) is 9.69. The molecule has 0 aliphatic heterocycles. The minimum Gasteiger partial charge on any atom is -0.550 e. The summed E-state index contributed by atoms with van der Waals surface area (Å²) in [5, 5.41) is 12.3. The van der Waals surface area contributed by atoms with Gasteiger partial charge in [0.1, 0.15) is 0 Å². The van der Waals surface area contributed by atoms with Gasteiger partial charge in [-0.15, -0.1) is 0 Å². The fourth-order valence-electron chi connectivity index (χ4n) is 3.01. The molecular formula is C14H14NO2-. The Morgan fingerprint density at radius 2 is 2.18 bits per heavy atom. The largest absolute Gasteiger partial charge is 0.550 e. The van der Waals surface area contributed by atoms with Crippen LogP contribution in [0, 0.1) is 5.92 Å². The molecule has 1 aromatic carbocycles. The maximum atomic E-state index is 11.1. The lowest BCUT2D eigenvalue weighted by atomic mass is 9.78. The molecule has 2 aromatic rings. The number of hydrogen-bond donors (Lipinski definition) is 1. The monoisotopic (exact) mass is 228 g/mol. The van der Waals surface area contributed by atoms with Crippen LogP contribution < -0.4 is 5.11 Å². The highest BCUT2D eigenvalue weighted by Gasteiger charge is 2.29. The molecule has 3 nitrogen and oxygen atoms in total. The lowest BCUT2D eigenvalue weighted by molar-refractivity contribution is -0.312. The van der Waals surface area contributed by atoms with E-state index >= 15 is 0 Å². The summed E-state index contributed by atoms with van der Waals surface area (Å²) in [4.78, 5) is 14.5. The maximum Gasteiger partial charge on any atom is 0.0459 e. The summed E-state index contributed by atoms with van der Waals surface area (Å²) in [6.07, 6.45) is 1.47. The number of aromatic nitrogens is 1. The van der Waals surface area contributed by atoms with Crippen LogP contribution in [0.25, 0.3) is 10.9 Å². The van der Waals surface area contributed by atoms with Crippen LogP contribution in [-0.4, -0.2) is 11.0 Å². The van der Waals surface area contributed by atoms with Crippen LogP contribution in [0.4, 0.5) is 0 Å². The Kier molecular flexibility index (Phi) is 2.21. The van der Waals surface area contributed by atoms with E-state index in [-0.39, 0.29) is 11.8 Å². The molecule has 1 aliphatic rings. The molecule has 1 N–H and O–H groups in total. The molecule has 0 bridgehead atoms. The standard InChI is InChI=1S/C14H15NO2/c1-8-9(14(16)17)6-7-12-13(8)10-4-2-3-5-11(10)15-12/h2-5,8-9,15H,6-7H2,1H3,(H,16,17)/p-1/t8-,9+/m0/s1. The predicted molar refractivity (Wildman–Crippen MR) is 63.5 cm³/mol. The molecule has 1 aliphatic carbocycles. The highest BCUT2D eigenvalue weighted by Crippen LogP contribution is 2.39. The van der Waals surface area contributed by atoms with Gasteiger partial charge in [0, 0.05) is 28.5 Å². The van der Waals surface area contributed by atoms with Gasteiger partial charge in [0.25, 0.3) is 0 Å². The number of para-hydroxylation sites is 1. The molecule has 0 fully saturated rings. The van der Waals surface area contributed by atoms with Gasteiger partial charge in [-0.2, -0.15) is 0 Å². The molecule has 0 amide bonds. The molecule has 17 heavy (non-hydrogen) atoms. The Labute approximate surface area is 99.5 Å². The molecule has 1 aromatic heterocycles. The normalized spacial score (nSPS) is 23.6. The lowest BCUT2D eigenvalue weighted by Gasteiger charge is -2.30. The quantitative estimate of drug-likeness (QED) is 0.805. The number of benzene rings is 1. The van der Waals surface area contributed by atoms with E-state index in [1.54, 1.807) is 0 Å². The fraction of sp³-hybridized carbons (Fsp3) is 0.357. The van der Waals surface area contributed by atoms with Gasteiger partial charge in [-0.05, 0) is 30.4 Å². The number of nitrogens with one attached hydrogen (secondary N) is 1. The Morgan fingerprint density at radius 3 is 2.94 bits per heavy atom. The highest BCUT2D eigenvalue weighted by atomic mass is 16.4. The van der Waals surface area contributed by atoms with Crippen LogP contribution in [0.5, 0.6) is 0 Å². The van der Waals surface area contributed by atoms with Crippen molar-refractivity contribution >= 4 is 16.9 Å². The molecule has 0 radical (unpaired) electrons. The predicted octanol–water partition coefficient (Wildman–Crippen LogP) is 1.58. The molecular weight excluding hydrogens is 214 g/mol. The Balaban J connectivity index is 2.19. The minimum atomic E-state index is -0.923. The van der Waals surface area contributed by atoms with Crippen LogP contribution in [0.2, 0.25) is 0 Å². The number of carbonyl (C=O) groups excluding carboxylic acids is 1. The number of aliphatic carboxylic acids is 1. The van der Waals surface area contributed by atoms with Gasteiger partial charge in [-0.3, -0.25) is 0 Å². The van der Waals surface area contributed by atoms with E-state index in [9.17, 15) is 9.90 Å². The Bertz CT molecular complexity index is 585.